The maximum Gasteiger partial charge on any atom is 0.433 e. The van der Waals surface area contributed by atoms with Crippen molar-refractivity contribution in [2.24, 2.45) is 0 Å². The molecule has 7 nitrogen and oxygen atoms in total. The average Bonchev–Trinajstić information content (AvgIpc) is 3.28. The molecule has 1 atom stereocenters. The second-order valence-corrected chi connectivity index (χ2v) is 6.19. The molecule has 1 aliphatic heterocycles. The van der Waals surface area contributed by atoms with Crippen LogP contribution >= 0.6 is 0 Å². The normalized spacial score (nSPS) is 17.6. The molecule has 4 rings (SSSR count). The monoisotopic (exact) mass is 378 g/mol. The number of nitrogens with zero attached hydrogens (tertiary/aromatic N) is 5. The van der Waals surface area contributed by atoms with E-state index in [1.165, 1.54) is 18.6 Å². The fourth-order valence-electron chi connectivity index (χ4n) is 3.10. The number of nitrogens with one attached hydrogen (secondary N) is 1. The van der Waals surface area contributed by atoms with Crippen molar-refractivity contribution in [3.63, 3.8) is 0 Å². The van der Waals surface area contributed by atoms with Gasteiger partial charge < -0.3 is 14.6 Å². The minimum Gasteiger partial charge on any atom is -0.471 e. The number of aryl methyl sites for hydroxylation is 1. The van der Waals surface area contributed by atoms with E-state index in [1.54, 1.807) is 4.57 Å². The highest BCUT2D eigenvalue weighted by molar-refractivity contribution is 5.81. The fourth-order valence-corrected chi connectivity index (χ4v) is 3.10. The summed E-state index contributed by atoms with van der Waals surface area (Å²) >= 11 is 0. The van der Waals surface area contributed by atoms with Crippen molar-refractivity contribution in [1.29, 1.82) is 0 Å². The van der Waals surface area contributed by atoms with E-state index in [9.17, 15) is 13.2 Å². The van der Waals surface area contributed by atoms with Gasteiger partial charge in [-0.2, -0.15) is 18.2 Å². The zero-order valence-electron chi connectivity index (χ0n) is 14.5. The van der Waals surface area contributed by atoms with Crippen molar-refractivity contribution in [1.82, 2.24) is 29.8 Å². The van der Waals surface area contributed by atoms with Crippen LogP contribution in [0, 0.1) is 0 Å². The van der Waals surface area contributed by atoms with Gasteiger partial charge in [-0.05, 0) is 32.0 Å². The van der Waals surface area contributed by atoms with Gasteiger partial charge in [0, 0.05) is 24.8 Å². The quantitative estimate of drug-likeness (QED) is 0.752. The van der Waals surface area contributed by atoms with Crippen LogP contribution in [-0.4, -0.2) is 43.7 Å². The lowest BCUT2D eigenvalue weighted by atomic mass is 10.2. The molecule has 1 aliphatic rings. The van der Waals surface area contributed by atoms with Crippen molar-refractivity contribution in [3.8, 4) is 17.3 Å². The van der Waals surface area contributed by atoms with E-state index < -0.39 is 11.9 Å². The Hall–Kier alpha value is -2.75. The van der Waals surface area contributed by atoms with Gasteiger partial charge in [0.25, 0.3) is 0 Å². The Balaban J connectivity index is 1.76. The van der Waals surface area contributed by atoms with E-state index in [-0.39, 0.29) is 6.10 Å². The number of fused-ring (bicyclic) bond motifs is 1. The molecule has 0 aliphatic carbocycles. The van der Waals surface area contributed by atoms with Crippen LogP contribution < -0.4 is 10.1 Å². The smallest absolute Gasteiger partial charge is 0.433 e. The summed E-state index contributed by atoms with van der Waals surface area (Å²) in [6.07, 6.45) is -1.03. The van der Waals surface area contributed by atoms with Gasteiger partial charge in [-0.25, -0.2) is 9.97 Å². The SMILES string of the molecule is CCn1c(-c2ccc(C(F)(F)F)nc2)nc2c(O[C@H]3CCNC3)ncnc21. The molecule has 1 saturated heterocycles. The molecule has 1 fully saturated rings. The largest absolute Gasteiger partial charge is 0.471 e. The average molecular weight is 378 g/mol. The number of ether oxygens (including phenoxy) is 1. The molecular formula is C17H17F3N6O. The Kier molecular flexibility index (Phi) is 4.42. The summed E-state index contributed by atoms with van der Waals surface area (Å²) in [5.41, 5.74) is 0.587. The zero-order chi connectivity index (χ0) is 19.0. The molecule has 0 amide bonds. The summed E-state index contributed by atoms with van der Waals surface area (Å²) in [6, 6.07) is 2.31. The number of alkyl halides is 3. The molecule has 0 saturated carbocycles. The lowest BCUT2D eigenvalue weighted by molar-refractivity contribution is -0.141. The number of imidazole rings is 1. The number of rotatable bonds is 4. The molecule has 0 aromatic carbocycles. The first-order valence-electron chi connectivity index (χ1n) is 8.59. The summed E-state index contributed by atoms with van der Waals surface area (Å²) in [5.74, 6) is 0.852. The van der Waals surface area contributed by atoms with Gasteiger partial charge in [-0.3, -0.25) is 4.98 Å². The Morgan fingerprint density at radius 2 is 2.11 bits per heavy atom. The second kappa shape index (κ2) is 6.76. The third kappa shape index (κ3) is 3.32. The van der Waals surface area contributed by atoms with Crippen LogP contribution in [0.5, 0.6) is 5.88 Å². The summed E-state index contributed by atoms with van der Waals surface area (Å²) < 4.78 is 46.0. The first kappa shape index (κ1) is 17.7. The highest BCUT2D eigenvalue weighted by atomic mass is 19.4. The van der Waals surface area contributed by atoms with Crippen molar-refractivity contribution in [2.75, 3.05) is 13.1 Å². The van der Waals surface area contributed by atoms with Gasteiger partial charge in [-0.15, -0.1) is 0 Å². The summed E-state index contributed by atoms with van der Waals surface area (Å²) in [4.78, 5) is 16.6. The number of halogens is 3. The van der Waals surface area contributed by atoms with E-state index >= 15 is 0 Å². The Bertz CT molecular complexity index is 948. The highest BCUT2D eigenvalue weighted by Gasteiger charge is 2.32. The van der Waals surface area contributed by atoms with Gasteiger partial charge in [0.05, 0.1) is 0 Å². The van der Waals surface area contributed by atoms with Gasteiger partial charge in [0.1, 0.15) is 23.9 Å². The minimum atomic E-state index is -4.48. The van der Waals surface area contributed by atoms with Crippen LogP contribution in [0.4, 0.5) is 13.2 Å². The van der Waals surface area contributed by atoms with E-state index in [1.807, 2.05) is 6.92 Å². The van der Waals surface area contributed by atoms with Crippen molar-refractivity contribution in [3.05, 3.63) is 30.4 Å². The number of hydrogen-bond acceptors (Lipinski definition) is 6. The minimum absolute atomic E-state index is 0.00561. The predicted octanol–water partition coefficient (Wildman–Crippen LogP) is 2.67. The van der Waals surface area contributed by atoms with Gasteiger partial charge >= 0.3 is 6.18 Å². The Labute approximate surface area is 152 Å². The van der Waals surface area contributed by atoms with Gasteiger partial charge in [-0.1, -0.05) is 0 Å². The molecule has 4 heterocycles. The molecule has 27 heavy (non-hydrogen) atoms. The summed E-state index contributed by atoms with van der Waals surface area (Å²) in [7, 11) is 0. The van der Waals surface area contributed by atoms with Crippen LogP contribution in [0.25, 0.3) is 22.6 Å². The molecule has 0 unspecified atom stereocenters. The molecule has 3 aromatic rings. The van der Waals surface area contributed by atoms with Crippen LogP contribution in [0.1, 0.15) is 19.0 Å². The highest BCUT2D eigenvalue weighted by Crippen LogP contribution is 2.31. The Morgan fingerprint density at radius 1 is 1.26 bits per heavy atom. The van der Waals surface area contributed by atoms with Crippen LogP contribution in [0.3, 0.4) is 0 Å². The van der Waals surface area contributed by atoms with Crippen LogP contribution in [0.2, 0.25) is 0 Å². The lowest BCUT2D eigenvalue weighted by Crippen LogP contribution is -2.20. The van der Waals surface area contributed by atoms with Gasteiger partial charge in [0.2, 0.25) is 5.88 Å². The van der Waals surface area contributed by atoms with E-state index in [4.69, 9.17) is 4.74 Å². The molecule has 0 radical (unpaired) electrons. The summed E-state index contributed by atoms with van der Waals surface area (Å²) in [6.45, 7) is 4.06. The summed E-state index contributed by atoms with van der Waals surface area (Å²) in [5, 5.41) is 3.22. The van der Waals surface area contributed by atoms with E-state index in [2.05, 4.69) is 25.3 Å². The van der Waals surface area contributed by atoms with E-state index in [0.717, 1.165) is 25.6 Å². The van der Waals surface area contributed by atoms with Crippen LogP contribution in [0.15, 0.2) is 24.7 Å². The fraction of sp³-hybridized carbons (Fsp3) is 0.412. The van der Waals surface area contributed by atoms with E-state index in [0.29, 0.717) is 35.0 Å². The maximum absolute atomic E-state index is 12.8. The van der Waals surface area contributed by atoms with Gasteiger partial charge in [0.15, 0.2) is 11.2 Å². The standard InChI is InChI=1S/C17H17F3N6O/c1-2-26-14(10-3-4-12(22-7-10)17(18,19)20)25-13-15(26)23-9-24-16(13)27-11-5-6-21-8-11/h3-4,7,9,11,21H,2,5-6,8H2,1H3/t11-/m0/s1. The third-order valence-electron chi connectivity index (χ3n) is 4.42. The van der Waals surface area contributed by atoms with Crippen molar-refractivity contribution < 1.29 is 17.9 Å². The Morgan fingerprint density at radius 3 is 2.74 bits per heavy atom. The number of hydrogen-bond donors (Lipinski definition) is 1. The van der Waals surface area contributed by atoms with Crippen molar-refractivity contribution >= 4 is 11.2 Å². The second-order valence-electron chi connectivity index (χ2n) is 6.19. The molecule has 142 valence electrons. The zero-order valence-corrected chi connectivity index (χ0v) is 14.5. The molecule has 10 heteroatoms. The molecule has 0 bridgehead atoms. The van der Waals surface area contributed by atoms with Crippen molar-refractivity contribution in [2.45, 2.75) is 32.2 Å². The topological polar surface area (TPSA) is 77.8 Å². The third-order valence-corrected chi connectivity index (χ3v) is 4.42. The molecule has 0 spiro atoms. The van der Waals surface area contributed by atoms with Crippen LogP contribution in [-0.2, 0) is 12.7 Å². The molecular weight excluding hydrogens is 361 g/mol. The molecule has 3 aromatic heterocycles. The number of aromatic nitrogens is 5. The number of pyridine rings is 1. The maximum atomic E-state index is 12.8. The lowest BCUT2D eigenvalue weighted by Gasteiger charge is -2.11. The predicted molar refractivity (Wildman–Crippen MR) is 91.1 cm³/mol. The molecule has 1 N–H and O–H groups in total. The first-order valence-corrected chi connectivity index (χ1v) is 8.59. The first-order chi connectivity index (χ1) is 13.0.